The third-order valence-electron chi connectivity index (χ3n) is 6.46. The van der Waals surface area contributed by atoms with Gasteiger partial charge in [0.1, 0.15) is 23.5 Å². The fourth-order valence-corrected chi connectivity index (χ4v) is 4.14. The van der Waals surface area contributed by atoms with Gasteiger partial charge in [0.05, 0.1) is 10.8 Å². The normalized spacial score (nSPS) is 13.8. The molecule has 0 radical (unpaired) electrons. The molecule has 4 heterocycles. The van der Waals surface area contributed by atoms with Crippen LogP contribution in [-0.2, 0) is 21.6 Å². The molecule has 37 heavy (non-hydrogen) atoms. The first-order valence-corrected chi connectivity index (χ1v) is 11.6. The number of nitrogens with zero attached hydrogens (tertiary/aromatic N) is 1. The van der Waals surface area contributed by atoms with Crippen LogP contribution in [0.25, 0.3) is 22.3 Å². The van der Waals surface area contributed by atoms with Crippen molar-refractivity contribution < 1.29 is 32.7 Å². The summed E-state index contributed by atoms with van der Waals surface area (Å²) in [6.07, 6.45) is 1.99. The molecule has 1 aliphatic rings. The van der Waals surface area contributed by atoms with Gasteiger partial charge in [-0.3, -0.25) is 10.1 Å². The summed E-state index contributed by atoms with van der Waals surface area (Å²) in [7, 11) is 0. The molecule has 4 aromatic heterocycles. The number of aryl methyl sites for hydroxylation is 1. The van der Waals surface area contributed by atoms with Gasteiger partial charge in [-0.2, -0.15) is 0 Å². The Morgan fingerprint density at radius 3 is 2.70 bits per heavy atom. The van der Waals surface area contributed by atoms with E-state index in [0.29, 0.717) is 46.5 Å². The minimum atomic E-state index is -0.955. The molecule has 1 fully saturated rings. The number of carbonyl (C=O) groups is 2. The number of hydrogen-bond donors (Lipinski definition) is 2. The number of pyridine rings is 1. The molecule has 184 valence electrons. The van der Waals surface area contributed by atoms with Crippen molar-refractivity contribution in [2.45, 2.75) is 31.8 Å². The van der Waals surface area contributed by atoms with E-state index >= 15 is 0 Å². The van der Waals surface area contributed by atoms with Gasteiger partial charge >= 0.3 is 12.1 Å². The van der Waals surface area contributed by atoms with Crippen molar-refractivity contribution >= 4 is 40.0 Å². The Morgan fingerprint density at radius 2 is 1.95 bits per heavy atom. The van der Waals surface area contributed by atoms with Gasteiger partial charge in [0, 0.05) is 12.3 Å². The third kappa shape index (κ3) is 4.08. The molecular formula is C28H20N2O7. The molecule has 9 nitrogen and oxygen atoms in total. The Kier molecular flexibility index (Phi) is 5.23. The molecule has 1 saturated carbocycles. The van der Waals surface area contributed by atoms with Gasteiger partial charge in [-0.1, -0.05) is 24.3 Å². The summed E-state index contributed by atoms with van der Waals surface area (Å²) in [4.78, 5) is 28.3. The van der Waals surface area contributed by atoms with Gasteiger partial charge in [-0.05, 0) is 60.9 Å². The van der Waals surface area contributed by atoms with Crippen molar-refractivity contribution in [1.82, 2.24) is 4.98 Å². The maximum absolute atomic E-state index is 12.6. The Hall–Kier alpha value is -4.97. The molecule has 0 unspecified atom stereocenters. The molecular weight excluding hydrogens is 476 g/mol. The first-order valence-electron chi connectivity index (χ1n) is 11.6. The Labute approximate surface area is 210 Å². The molecule has 0 aliphatic heterocycles. The van der Waals surface area contributed by atoms with Crippen LogP contribution in [0.15, 0.2) is 68.0 Å². The Balaban J connectivity index is 1.25. The van der Waals surface area contributed by atoms with Crippen LogP contribution in [0.2, 0.25) is 0 Å². The molecule has 0 bridgehead atoms. The third-order valence-corrected chi connectivity index (χ3v) is 6.46. The molecule has 1 aromatic carbocycles. The summed E-state index contributed by atoms with van der Waals surface area (Å²) in [6, 6.07) is 14.5. The highest BCUT2D eigenvalue weighted by molar-refractivity contribution is 5.99. The van der Waals surface area contributed by atoms with Crippen molar-refractivity contribution in [2.24, 2.45) is 0 Å². The largest absolute Gasteiger partial charge is 0.480 e. The van der Waals surface area contributed by atoms with E-state index in [9.17, 15) is 14.7 Å². The second-order valence-electron chi connectivity index (χ2n) is 8.89. The highest BCUT2D eigenvalue weighted by Gasteiger charge is 2.54. The van der Waals surface area contributed by atoms with E-state index in [4.69, 9.17) is 18.0 Å². The monoisotopic (exact) mass is 496 g/mol. The highest BCUT2D eigenvalue weighted by atomic mass is 16.5. The van der Waals surface area contributed by atoms with E-state index in [0.717, 1.165) is 11.1 Å². The fourth-order valence-electron chi connectivity index (χ4n) is 4.14. The van der Waals surface area contributed by atoms with Crippen LogP contribution < -0.4 is 5.32 Å². The van der Waals surface area contributed by atoms with Crippen LogP contribution >= 0.6 is 0 Å². The summed E-state index contributed by atoms with van der Waals surface area (Å²) in [6.45, 7) is 2.06. The van der Waals surface area contributed by atoms with Gasteiger partial charge in [-0.15, -0.1) is 0 Å². The molecule has 1 amide bonds. The minimum Gasteiger partial charge on any atom is -0.480 e. The average Bonchev–Trinajstić information content (AvgIpc) is 3.32. The number of carbonyl (C=O) groups excluding carboxylic acids is 1. The Bertz CT molecular complexity index is 1710. The van der Waals surface area contributed by atoms with Crippen molar-refractivity contribution in [3.63, 3.8) is 0 Å². The number of furan rings is 3. The number of hydrogen-bond acceptors (Lipinski definition) is 7. The smallest absolute Gasteiger partial charge is 0.412 e. The zero-order valence-corrected chi connectivity index (χ0v) is 19.7. The zero-order chi connectivity index (χ0) is 25.6. The van der Waals surface area contributed by atoms with E-state index in [1.54, 1.807) is 30.5 Å². The van der Waals surface area contributed by atoms with Crippen LogP contribution in [0, 0.1) is 18.8 Å². The van der Waals surface area contributed by atoms with E-state index in [2.05, 4.69) is 22.1 Å². The van der Waals surface area contributed by atoms with Crippen LogP contribution in [0.4, 0.5) is 10.5 Å². The lowest BCUT2D eigenvalue weighted by Crippen LogP contribution is -2.18. The standard InChI is InChI=1S/C28H20N2O7/c1-16-5-2-3-6-17(16)15-34-27(33)30-23-20-7-4-12-29-24(20)36-21(23)9-8-19-13-18-14-22(37-25(18)35-19)28(10-11-28)26(31)32/h2-7,12-14H,10-11,15H2,1H3,(H,30,33)(H,31,32). The number of fused-ring (bicyclic) bond motifs is 2. The summed E-state index contributed by atoms with van der Waals surface area (Å²) in [5.41, 5.74) is 1.61. The van der Waals surface area contributed by atoms with Crippen LogP contribution in [-0.4, -0.2) is 22.2 Å². The Morgan fingerprint density at radius 1 is 1.11 bits per heavy atom. The number of benzene rings is 1. The highest BCUT2D eigenvalue weighted by Crippen LogP contribution is 2.50. The number of aliphatic carboxylic acids is 1. The molecule has 0 saturated heterocycles. The number of rotatable bonds is 5. The lowest BCUT2D eigenvalue weighted by atomic mass is 10.0. The first-order chi connectivity index (χ1) is 17.9. The zero-order valence-electron chi connectivity index (χ0n) is 19.7. The average molecular weight is 496 g/mol. The van der Waals surface area contributed by atoms with Gasteiger partial charge in [0.2, 0.25) is 11.5 Å². The van der Waals surface area contributed by atoms with Crippen molar-refractivity contribution in [1.29, 1.82) is 0 Å². The second kappa shape index (κ2) is 8.60. The van der Waals surface area contributed by atoms with Gasteiger partial charge in [0.15, 0.2) is 5.76 Å². The SMILES string of the molecule is Cc1ccccc1COC(=O)Nc1c(C#Cc2cc3cc(C4(C(=O)O)CC4)oc3o2)oc2ncccc12. The molecule has 0 atom stereocenters. The number of aromatic nitrogens is 1. The molecule has 6 rings (SSSR count). The second-order valence-corrected chi connectivity index (χ2v) is 8.89. The van der Waals surface area contributed by atoms with Crippen molar-refractivity contribution in [3.05, 3.63) is 83.1 Å². The lowest BCUT2D eigenvalue weighted by molar-refractivity contribution is -0.140. The maximum Gasteiger partial charge on any atom is 0.412 e. The van der Waals surface area contributed by atoms with Crippen LogP contribution in [0.3, 0.4) is 0 Å². The summed E-state index contributed by atoms with van der Waals surface area (Å²) >= 11 is 0. The number of carboxylic acids is 1. The lowest BCUT2D eigenvalue weighted by Gasteiger charge is -2.08. The minimum absolute atomic E-state index is 0.115. The summed E-state index contributed by atoms with van der Waals surface area (Å²) < 4.78 is 22.5. The molecule has 1 aliphatic carbocycles. The number of carboxylic acid groups (broad SMARTS) is 1. The van der Waals surface area contributed by atoms with Gasteiger partial charge in [0.25, 0.3) is 5.78 Å². The first kappa shape index (κ1) is 22.5. The molecule has 5 aromatic rings. The quantitative estimate of drug-likeness (QED) is 0.295. The van der Waals surface area contributed by atoms with E-state index in [1.165, 1.54) is 0 Å². The maximum atomic E-state index is 12.6. The predicted octanol–water partition coefficient (Wildman–Crippen LogP) is 5.74. The summed E-state index contributed by atoms with van der Waals surface area (Å²) in [5.74, 6) is 5.90. The van der Waals surface area contributed by atoms with Crippen molar-refractivity contribution in [2.75, 3.05) is 5.32 Å². The van der Waals surface area contributed by atoms with Crippen LogP contribution in [0.1, 0.15) is 41.2 Å². The molecule has 9 heteroatoms. The van der Waals surface area contributed by atoms with E-state index in [-0.39, 0.29) is 18.1 Å². The number of nitrogens with one attached hydrogen (secondary N) is 1. The number of anilines is 1. The molecule has 2 N–H and O–H groups in total. The van der Waals surface area contributed by atoms with E-state index < -0.39 is 17.5 Å². The van der Waals surface area contributed by atoms with Crippen LogP contribution in [0.5, 0.6) is 0 Å². The number of ether oxygens (including phenoxy) is 1. The predicted molar refractivity (Wildman–Crippen MR) is 132 cm³/mol. The topological polar surface area (TPSA) is 128 Å². The fraction of sp³-hybridized carbons (Fsp3) is 0.179. The summed E-state index contributed by atoms with van der Waals surface area (Å²) in [5, 5.41) is 13.4. The van der Waals surface area contributed by atoms with Gasteiger partial charge < -0.3 is 23.1 Å². The van der Waals surface area contributed by atoms with E-state index in [1.807, 2.05) is 31.2 Å². The van der Waals surface area contributed by atoms with Gasteiger partial charge in [-0.25, -0.2) is 9.78 Å². The molecule has 0 spiro atoms. The van der Waals surface area contributed by atoms with Crippen molar-refractivity contribution in [3.8, 4) is 11.8 Å². The number of amides is 1.